The second kappa shape index (κ2) is 9.96. The predicted molar refractivity (Wildman–Crippen MR) is 202 cm³/mol. The van der Waals surface area contributed by atoms with E-state index < -0.39 is 0 Å². The van der Waals surface area contributed by atoms with Crippen molar-refractivity contribution in [3.8, 4) is 33.6 Å². The van der Waals surface area contributed by atoms with Gasteiger partial charge in [0.25, 0.3) is 0 Å². The molecule has 0 radical (unpaired) electrons. The Balaban J connectivity index is 1.26. The van der Waals surface area contributed by atoms with E-state index in [9.17, 15) is 0 Å². The van der Waals surface area contributed by atoms with Crippen molar-refractivity contribution in [1.82, 2.24) is 0 Å². The molecule has 0 spiro atoms. The van der Waals surface area contributed by atoms with E-state index >= 15 is 0 Å². The van der Waals surface area contributed by atoms with E-state index in [2.05, 4.69) is 127 Å². The third-order valence-corrected chi connectivity index (χ3v) is 10.1. The highest BCUT2D eigenvalue weighted by atomic mass is 16.3. The third kappa shape index (κ3) is 3.78. The molecular weight excluding hydrogens is 601 g/mol. The highest BCUT2D eigenvalue weighted by Gasteiger charge is 2.24. The lowest BCUT2D eigenvalue weighted by atomic mass is 9.85. The van der Waals surface area contributed by atoms with Gasteiger partial charge in [0.05, 0.1) is 5.39 Å². The van der Waals surface area contributed by atoms with E-state index in [0.717, 1.165) is 82.9 Å². The molecule has 0 bridgehead atoms. The van der Waals surface area contributed by atoms with Gasteiger partial charge >= 0.3 is 0 Å². The van der Waals surface area contributed by atoms with Crippen molar-refractivity contribution >= 4 is 76.4 Å². The Morgan fingerprint density at radius 1 is 0.306 bits per heavy atom. The summed E-state index contributed by atoms with van der Waals surface area (Å²) in [7, 11) is 0. The smallest absolute Gasteiger partial charge is 0.147 e. The van der Waals surface area contributed by atoms with Crippen LogP contribution in [0.3, 0.4) is 0 Å². The molecule has 11 aromatic rings. The molecule has 0 amide bonds. The van der Waals surface area contributed by atoms with Gasteiger partial charge in [-0.25, -0.2) is 0 Å². The van der Waals surface area contributed by atoms with Gasteiger partial charge < -0.3 is 13.3 Å². The monoisotopic (exact) mass is 626 g/mol. The Bertz CT molecular complexity index is 3040. The number of hydrogen-bond acceptors (Lipinski definition) is 3. The third-order valence-electron chi connectivity index (χ3n) is 10.1. The van der Waals surface area contributed by atoms with Crippen molar-refractivity contribution in [2.24, 2.45) is 0 Å². The standard InChI is InChI=1S/C46H26O3/c1-2-12-27(13-3-1)40-26-37-36(25-42-45(46(37)49-40)35-19-9-11-21-39(35)48-42)44-33-17-6-4-15-31(33)43(32-16-5-7-18-34(32)44)28-22-23-30-29-14-8-10-20-38(29)47-41(30)24-28/h1-26H. The van der Waals surface area contributed by atoms with Gasteiger partial charge in [-0.2, -0.15) is 0 Å². The molecule has 0 saturated carbocycles. The summed E-state index contributed by atoms with van der Waals surface area (Å²) in [5.41, 5.74) is 9.88. The molecule has 0 aliphatic rings. The maximum absolute atomic E-state index is 6.81. The van der Waals surface area contributed by atoms with E-state index in [1.54, 1.807) is 0 Å². The summed E-state index contributed by atoms with van der Waals surface area (Å²) in [5.74, 6) is 0.832. The lowest BCUT2D eigenvalue weighted by molar-refractivity contribution is 0.633. The SMILES string of the molecule is c1ccc(-c2cc3c(-c4c5ccccc5c(-c5ccc6c(c5)oc5ccccc56)c5ccccc45)cc4oc5ccccc5c4c3o2)cc1. The van der Waals surface area contributed by atoms with Crippen LogP contribution in [0.15, 0.2) is 171 Å². The maximum Gasteiger partial charge on any atom is 0.147 e. The van der Waals surface area contributed by atoms with Gasteiger partial charge in [-0.3, -0.25) is 0 Å². The van der Waals surface area contributed by atoms with Crippen molar-refractivity contribution in [2.75, 3.05) is 0 Å². The van der Waals surface area contributed by atoms with E-state index in [4.69, 9.17) is 13.3 Å². The van der Waals surface area contributed by atoms with Gasteiger partial charge in [-0.05, 0) is 80.2 Å². The minimum absolute atomic E-state index is 0.810. The molecule has 0 fully saturated rings. The van der Waals surface area contributed by atoms with Crippen LogP contribution in [0, 0.1) is 0 Å². The van der Waals surface area contributed by atoms with Gasteiger partial charge in [0, 0.05) is 27.1 Å². The van der Waals surface area contributed by atoms with Crippen LogP contribution in [0.1, 0.15) is 0 Å². The summed E-state index contributed by atoms with van der Waals surface area (Å²) >= 11 is 0. The molecule has 0 N–H and O–H groups in total. The molecule has 3 nitrogen and oxygen atoms in total. The highest BCUT2D eigenvalue weighted by Crippen LogP contribution is 2.49. The largest absolute Gasteiger partial charge is 0.456 e. The molecule has 8 aromatic carbocycles. The second-order valence-electron chi connectivity index (χ2n) is 12.8. The quantitative estimate of drug-likeness (QED) is 0.183. The summed E-state index contributed by atoms with van der Waals surface area (Å²) in [4.78, 5) is 0. The summed E-state index contributed by atoms with van der Waals surface area (Å²) in [6.45, 7) is 0. The van der Waals surface area contributed by atoms with Gasteiger partial charge in [0.1, 0.15) is 33.7 Å². The molecule has 0 atom stereocenters. The zero-order chi connectivity index (χ0) is 32.1. The van der Waals surface area contributed by atoms with Crippen LogP contribution in [0.2, 0.25) is 0 Å². The summed E-state index contributed by atoms with van der Waals surface area (Å²) in [6, 6.07) is 55.3. The Labute approximate surface area is 280 Å². The van der Waals surface area contributed by atoms with E-state index in [0.29, 0.717) is 0 Å². The second-order valence-corrected chi connectivity index (χ2v) is 12.8. The first kappa shape index (κ1) is 26.5. The number of hydrogen-bond donors (Lipinski definition) is 0. The van der Waals surface area contributed by atoms with Gasteiger partial charge in [-0.1, -0.05) is 121 Å². The van der Waals surface area contributed by atoms with Gasteiger partial charge in [0.2, 0.25) is 0 Å². The molecule has 3 heterocycles. The topological polar surface area (TPSA) is 39.4 Å². The molecule has 3 aromatic heterocycles. The number of fused-ring (bicyclic) bond motifs is 10. The van der Waals surface area contributed by atoms with Crippen molar-refractivity contribution in [1.29, 1.82) is 0 Å². The van der Waals surface area contributed by atoms with Crippen LogP contribution in [0.5, 0.6) is 0 Å². The highest BCUT2D eigenvalue weighted by molar-refractivity contribution is 6.27. The van der Waals surface area contributed by atoms with Crippen LogP contribution in [-0.4, -0.2) is 0 Å². The molecule has 11 rings (SSSR count). The molecule has 3 heteroatoms. The van der Waals surface area contributed by atoms with Crippen LogP contribution < -0.4 is 0 Å². The first-order valence-electron chi connectivity index (χ1n) is 16.6. The van der Waals surface area contributed by atoms with Crippen molar-refractivity contribution < 1.29 is 13.3 Å². The van der Waals surface area contributed by atoms with Gasteiger partial charge in [0.15, 0.2) is 0 Å². The lowest BCUT2D eigenvalue weighted by Gasteiger charge is -2.18. The normalized spacial score (nSPS) is 12.1. The summed E-state index contributed by atoms with van der Waals surface area (Å²) in [6.07, 6.45) is 0. The molecule has 0 unspecified atom stereocenters. The van der Waals surface area contributed by atoms with E-state index in [1.165, 1.54) is 27.1 Å². The van der Waals surface area contributed by atoms with Crippen molar-refractivity contribution in [3.63, 3.8) is 0 Å². The molecule has 228 valence electrons. The summed E-state index contributed by atoms with van der Waals surface area (Å²) < 4.78 is 19.7. The van der Waals surface area contributed by atoms with Crippen molar-refractivity contribution in [3.05, 3.63) is 158 Å². The van der Waals surface area contributed by atoms with Crippen LogP contribution >= 0.6 is 0 Å². The fourth-order valence-corrected chi connectivity index (χ4v) is 7.95. The van der Waals surface area contributed by atoms with E-state index in [1.807, 2.05) is 30.3 Å². The molecule has 0 aliphatic heterocycles. The fourth-order valence-electron chi connectivity index (χ4n) is 7.95. The number of furan rings is 3. The number of para-hydroxylation sites is 2. The predicted octanol–water partition coefficient (Wildman–Crippen LogP) is 13.5. The molecule has 0 aliphatic carbocycles. The fraction of sp³-hybridized carbons (Fsp3) is 0. The molecule has 0 saturated heterocycles. The van der Waals surface area contributed by atoms with Crippen molar-refractivity contribution in [2.45, 2.75) is 0 Å². The Kier molecular flexibility index (Phi) is 5.38. The van der Waals surface area contributed by atoms with Crippen LogP contribution in [-0.2, 0) is 0 Å². The minimum Gasteiger partial charge on any atom is -0.456 e. The molecule has 49 heavy (non-hydrogen) atoms. The lowest BCUT2D eigenvalue weighted by Crippen LogP contribution is -1.91. The summed E-state index contributed by atoms with van der Waals surface area (Å²) in [5, 5.41) is 10.1. The first-order chi connectivity index (χ1) is 24.3. The number of rotatable bonds is 3. The van der Waals surface area contributed by atoms with Gasteiger partial charge in [-0.15, -0.1) is 0 Å². The number of benzene rings is 8. The van der Waals surface area contributed by atoms with Crippen LogP contribution in [0.4, 0.5) is 0 Å². The first-order valence-corrected chi connectivity index (χ1v) is 16.6. The molecular formula is C46H26O3. The zero-order valence-corrected chi connectivity index (χ0v) is 26.2. The minimum atomic E-state index is 0.810. The Morgan fingerprint density at radius 3 is 1.57 bits per heavy atom. The average molecular weight is 627 g/mol. The Morgan fingerprint density at radius 2 is 0.857 bits per heavy atom. The van der Waals surface area contributed by atoms with E-state index in [-0.39, 0.29) is 0 Å². The van der Waals surface area contributed by atoms with Crippen LogP contribution in [0.25, 0.3) is 110 Å². The average Bonchev–Trinajstić information content (AvgIpc) is 3.87. The Hall–Kier alpha value is -6.58. The maximum atomic E-state index is 6.81. The zero-order valence-electron chi connectivity index (χ0n) is 26.2.